The number of aromatic nitrogens is 3. The summed E-state index contributed by atoms with van der Waals surface area (Å²) in [4.78, 5) is 21.7. The minimum atomic E-state index is -5.08. The first-order valence-corrected chi connectivity index (χ1v) is 11.3. The van der Waals surface area contributed by atoms with E-state index in [1.165, 1.54) is 0 Å². The summed E-state index contributed by atoms with van der Waals surface area (Å²) in [6.45, 7) is 8.24. The Morgan fingerprint density at radius 1 is 1.19 bits per heavy atom. The zero-order valence-electron chi connectivity index (χ0n) is 20.1. The van der Waals surface area contributed by atoms with Crippen molar-refractivity contribution in [1.29, 1.82) is 0 Å². The summed E-state index contributed by atoms with van der Waals surface area (Å²) in [5, 5.41) is 22.3. The molecule has 1 saturated heterocycles. The molecule has 0 radical (unpaired) electrons. The number of nitrogens with zero attached hydrogens (tertiary/aromatic N) is 3. The topological polar surface area (TPSA) is 109 Å². The number of para-hydroxylation sites is 1. The molecule has 11 heteroatoms. The molecular formula is C25H28F3N5O3. The molecular weight excluding hydrogens is 475 g/mol. The highest BCUT2D eigenvalue weighted by atomic mass is 19.4. The van der Waals surface area contributed by atoms with E-state index >= 15 is 0 Å². The molecule has 0 spiro atoms. The number of carboxylic acid groups (broad SMARTS) is 1. The number of nitrogens with one attached hydrogen (secondary N) is 2. The molecule has 2 heterocycles. The SMILES string of the molecule is Cc1ccc(-c2cn(CC3CNC(C)(C)C3)nn2)cc1C(=O)Nc1ccccc1.O=C(O)C(F)(F)F. The van der Waals surface area contributed by atoms with Crippen molar-refractivity contribution in [2.75, 3.05) is 11.9 Å². The Hall–Kier alpha value is -3.73. The third-order valence-electron chi connectivity index (χ3n) is 5.70. The maximum absolute atomic E-state index is 12.8. The molecule has 1 aliphatic heterocycles. The number of aryl methyl sites for hydroxylation is 1. The molecule has 1 unspecified atom stereocenters. The molecule has 3 aromatic rings. The van der Waals surface area contributed by atoms with Gasteiger partial charge in [-0.15, -0.1) is 5.10 Å². The lowest BCUT2D eigenvalue weighted by atomic mass is 9.97. The van der Waals surface area contributed by atoms with Crippen molar-refractivity contribution in [3.8, 4) is 11.3 Å². The lowest BCUT2D eigenvalue weighted by Gasteiger charge is -2.17. The molecule has 0 saturated carbocycles. The standard InChI is InChI=1S/C23H27N5O.C2HF3O2/c1-16-9-10-18(11-20(16)22(29)25-19-7-5-4-6-8-19)21-15-28(27-26-21)14-17-12-23(2,3)24-13-17;3-2(4,5)1(6)7/h4-11,15,17,24H,12-14H2,1-3H3,(H,25,29);(H,6,7). The lowest BCUT2D eigenvalue weighted by Crippen LogP contribution is -2.31. The average molecular weight is 504 g/mol. The lowest BCUT2D eigenvalue weighted by molar-refractivity contribution is -0.192. The summed E-state index contributed by atoms with van der Waals surface area (Å²) in [5.41, 5.74) is 4.21. The fourth-order valence-corrected chi connectivity index (χ4v) is 3.95. The minimum absolute atomic E-state index is 0.123. The predicted octanol–water partition coefficient (Wildman–Crippen LogP) is 4.53. The summed E-state index contributed by atoms with van der Waals surface area (Å²) in [7, 11) is 0. The van der Waals surface area contributed by atoms with Crippen LogP contribution in [0.5, 0.6) is 0 Å². The van der Waals surface area contributed by atoms with E-state index in [-0.39, 0.29) is 11.4 Å². The third-order valence-corrected chi connectivity index (χ3v) is 5.70. The molecule has 36 heavy (non-hydrogen) atoms. The third kappa shape index (κ3) is 7.38. The van der Waals surface area contributed by atoms with E-state index in [2.05, 4.69) is 34.8 Å². The van der Waals surface area contributed by atoms with Gasteiger partial charge in [-0.05, 0) is 56.9 Å². The zero-order valence-corrected chi connectivity index (χ0v) is 20.1. The second-order valence-corrected chi connectivity index (χ2v) is 9.31. The summed E-state index contributed by atoms with van der Waals surface area (Å²) >= 11 is 0. The van der Waals surface area contributed by atoms with Crippen LogP contribution in [-0.2, 0) is 11.3 Å². The van der Waals surface area contributed by atoms with Crippen LogP contribution in [0.15, 0.2) is 54.7 Å². The summed E-state index contributed by atoms with van der Waals surface area (Å²) in [6, 6.07) is 15.3. The fourth-order valence-electron chi connectivity index (χ4n) is 3.95. The Morgan fingerprint density at radius 3 is 2.44 bits per heavy atom. The first-order chi connectivity index (χ1) is 16.8. The van der Waals surface area contributed by atoms with Gasteiger partial charge in [0, 0.05) is 35.4 Å². The van der Waals surface area contributed by atoms with Crippen molar-refractivity contribution >= 4 is 17.6 Å². The van der Waals surface area contributed by atoms with E-state index in [1.54, 1.807) is 0 Å². The maximum Gasteiger partial charge on any atom is 0.490 e. The van der Waals surface area contributed by atoms with E-state index in [0.717, 1.165) is 42.0 Å². The average Bonchev–Trinajstić information content (AvgIpc) is 3.40. The van der Waals surface area contributed by atoms with E-state index in [9.17, 15) is 18.0 Å². The van der Waals surface area contributed by atoms with Crippen molar-refractivity contribution in [2.45, 2.75) is 45.5 Å². The number of alkyl halides is 3. The molecule has 0 bridgehead atoms. The van der Waals surface area contributed by atoms with Gasteiger partial charge in [0.1, 0.15) is 5.69 Å². The van der Waals surface area contributed by atoms with Crippen LogP contribution in [0.25, 0.3) is 11.3 Å². The van der Waals surface area contributed by atoms with Crippen LogP contribution >= 0.6 is 0 Å². The van der Waals surface area contributed by atoms with Gasteiger partial charge in [0.25, 0.3) is 5.91 Å². The summed E-state index contributed by atoms with van der Waals surface area (Å²) in [6.07, 6.45) is -1.99. The molecule has 0 aliphatic carbocycles. The van der Waals surface area contributed by atoms with Gasteiger partial charge in [-0.25, -0.2) is 4.79 Å². The molecule has 1 atom stereocenters. The van der Waals surface area contributed by atoms with Gasteiger partial charge in [-0.1, -0.05) is 35.5 Å². The maximum atomic E-state index is 12.8. The Bertz CT molecular complexity index is 1210. The number of halogens is 3. The van der Waals surface area contributed by atoms with Crippen LogP contribution in [0.4, 0.5) is 18.9 Å². The fraction of sp³-hybridized carbons (Fsp3) is 0.360. The van der Waals surface area contributed by atoms with Crippen LogP contribution in [0.3, 0.4) is 0 Å². The van der Waals surface area contributed by atoms with Crippen LogP contribution in [0.2, 0.25) is 0 Å². The number of rotatable bonds is 5. The van der Waals surface area contributed by atoms with E-state index in [1.807, 2.05) is 66.3 Å². The number of amides is 1. The highest BCUT2D eigenvalue weighted by Gasteiger charge is 2.38. The van der Waals surface area contributed by atoms with Gasteiger partial charge in [-0.3, -0.25) is 9.48 Å². The number of benzene rings is 2. The van der Waals surface area contributed by atoms with E-state index in [0.29, 0.717) is 11.5 Å². The van der Waals surface area contributed by atoms with Crippen molar-refractivity contribution in [3.63, 3.8) is 0 Å². The predicted molar refractivity (Wildman–Crippen MR) is 128 cm³/mol. The number of carboxylic acids is 1. The largest absolute Gasteiger partial charge is 0.490 e. The Labute approximate surface area is 206 Å². The summed E-state index contributed by atoms with van der Waals surface area (Å²) in [5.74, 6) is -2.33. The minimum Gasteiger partial charge on any atom is -0.475 e. The number of hydrogen-bond acceptors (Lipinski definition) is 5. The van der Waals surface area contributed by atoms with Gasteiger partial charge in [0.15, 0.2) is 0 Å². The highest BCUT2D eigenvalue weighted by Crippen LogP contribution is 2.26. The molecule has 1 fully saturated rings. The molecule has 1 amide bonds. The zero-order chi connectivity index (χ0) is 26.5. The van der Waals surface area contributed by atoms with Crippen molar-refractivity contribution < 1.29 is 27.9 Å². The molecule has 2 aromatic carbocycles. The van der Waals surface area contributed by atoms with Gasteiger partial charge in [0.05, 0.1) is 6.20 Å². The van der Waals surface area contributed by atoms with E-state index < -0.39 is 12.1 Å². The Morgan fingerprint density at radius 2 is 1.86 bits per heavy atom. The van der Waals surface area contributed by atoms with Gasteiger partial charge in [0.2, 0.25) is 0 Å². The number of carbonyl (C=O) groups excluding carboxylic acids is 1. The van der Waals surface area contributed by atoms with Crippen LogP contribution in [0.1, 0.15) is 36.2 Å². The monoisotopic (exact) mass is 503 g/mol. The second kappa shape index (κ2) is 10.9. The first-order valence-electron chi connectivity index (χ1n) is 11.3. The Kier molecular flexibility index (Phi) is 8.13. The van der Waals surface area contributed by atoms with Crippen LogP contribution in [-0.4, -0.2) is 50.2 Å². The number of anilines is 1. The van der Waals surface area contributed by atoms with Crippen molar-refractivity contribution in [3.05, 3.63) is 65.9 Å². The van der Waals surface area contributed by atoms with Crippen LogP contribution in [0, 0.1) is 12.8 Å². The molecule has 4 rings (SSSR count). The summed E-state index contributed by atoms with van der Waals surface area (Å²) < 4.78 is 33.6. The molecule has 3 N–H and O–H groups in total. The normalized spacial score (nSPS) is 16.7. The van der Waals surface area contributed by atoms with Crippen LogP contribution < -0.4 is 10.6 Å². The molecule has 192 valence electrons. The van der Waals surface area contributed by atoms with Gasteiger partial charge >= 0.3 is 12.1 Å². The van der Waals surface area contributed by atoms with Gasteiger partial charge in [-0.2, -0.15) is 13.2 Å². The highest BCUT2D eigenvalue weighted by molar-refractivity contribution is 6.05. The van der Waals surface area contributed by atoms with Crippen molar-refractivity contribution in [2.24, 2.45) is 5.92 Å². The number of hydrogen-bond donors (Lipinski definition) is 3. The van der Waals surface area contributed by atoms with E-state index in [4.69, 9.17) is 9.90 Å². The number of aliphatic carboxylic acids is 1. The van der Waals surface area contributed by atoms with Gasteiger partial charge < -0.3 is 15.7 Å². The first kappa shape index (κ1) is 26.9. The second-order valence-electron chi connectivity index (χ2n) is 9.31. The number of carbonyl (C=O) groups is 2. The van der Waals surface area contributed by atoms with Crippen molar-refractivity contribution in [1.82, 2.24) is 20.3 Å². The molecule has 8 nitrogen and oxygen atoms in total. The molecule has 1 aliphatic rings. The Balaban J connectivity index is 0.000000454. The quantitative estimate of drug-likeness (QED) is 0.472. The smallest absolute Gasteiger partial charge is 0.475 e. The molecule has 1 aromatic heterocycles.